The van der Waals surface area contributed by atoms with Crippen LogP contribution in [0.15, 0.2) is 4.52 Å². The van der Waals surface area contributed by atoms with Crippen LogP contribution in [0.4, 0.5) is 6.01 Å². The molecule has 0 unspecified atom stereocenters. The third-order valence-electron chi connectivity index (χ3n) is 3.08. The second kappa shape index (κ2) is 2.97. The molecule has 0 amide bonds. The highest BCUT2D eigenvalue weighted by Gasteiger charge is 2.42. The van der Waals surface area contributed by atoms with E-state index in [1.54, 1.807) is 0 Å². The van der Waals surface area contributed by atoms with Crippen molar-refractivity contribution in [2.24, 2.45) is 11.8 Å². The van der Waals surface area contributed by atoms with Gasteiger partial charge in [-0.2, -0.15) is 4.98 Å². The molecular weight excluding hydrogens is 178 g/mol. The van der Waals surface area contributed by atoms with E-state index >= 15 is 0 Å². The van der Waals surface area contributed by atoms with E-state index in [0.717, 1.165) is 11.8 Å². The fourth-order valence-corrected chi connectivity index (χ4v) is 2.03. The largest absolute Gasteiger partial charge is 0.334 e. The van der Waals surface area contributed by atoms with E-state index in [1.807, 2.05) is 6.92 Å². The molecular formula is C10H15N3O. The standard InChI is InChI=1S/C10H15N3O/c1-6-11-10(14-13-6)12-9(7-2-3-7)8-4-5-8/h7-9H,2-5H2,1H3,(H,11,12,13). The third-order valence-corrected chi connectivity index (χ3v) is 3.08. The number of nitrogens with zero attached hydrogens (tertiary/aromatic N) is 2. The van der Waals surface area contributed by atoms with E-state index in [0.29, 0.717) is 17.9 Å². The highest BCUT2D eigenvalue weighted by Crippen LogP contribution is 2.45. The molecule has 3 rings (SSSR count). The molecule has 1 aromatic rings. The number of aryl methyl sites for hydroxylation is 1. The van der Waals surface area contributed by atoms with E-state index in [-0.39, 0.29) is 0 Å². The van der Waals surface area contributed by atoms with Gasteiger partial charge in [0.1, 0.15) is 0 Å². The molecule has 0 bridgehead atoms. The monoisotopic (exact) mass is 193 g/mol. The first-order valence-corrected chi connectivity index (χ1v) is 5.40. The summed E-state index contributed by atoms with van der Waals surface area (Å²) in [6.07, 6.45) is 5.45. The lowest BCUT2D eigenvalue weighted by Gasteiger charge is -2.14. The maximum atomic E-state index is 5.08. The van der Waals surface area contributed by atoms with Crippen LogP contribution in [-0.2, 0) is 0 Å². The molecule has 2 aliphatic rings. The fraction of sp³-hybridized carbons (Fsp3) is 0.800. The van der Waals surface area contributed by atoms with Crippen molar-refractivity contribution in [3.05, 3.63) is 5.82 Å². The first-order chi connectivity index (χ1) is 6.83. The van der Waals surface area contributed by atoms with Crippen LogP contribution < -0.4 is 5.32 Å². The predicted octanol–water partition coefficient (Wildman–Crippen LogP) is 1.98. The summed E-state index contributed by atoms with van der Waals surface area (Å²) in [5.74, 6) is 2.42. The summed E-state index contributed by atoms with van der Waals surface area (Å²) >= 11 is 0. The first-order valence-electron chi connectivity index (χ1n) is 5.40. The Morgan fingerprint density at radius 3 is 2.36 bits per heavy atom. The van der Waals surface area contributed by atoms with Gasteiger partial charge in [-0.1, -0.05) is 5.16 Å². The van der Waals surface area contributed by atoms with Crippen LogP contribution in [0, 0.1) is 18.8 Å². The van der Waals surface area contributed by atoms with Crippen molar-refractivity contribution in [3.8, 4) is 0 Å². The maximum Gasteiger partial charge on any atom is 0.321 e. The molecule has 0 aromatic carbocycles. The van der Waals surface area contributed by atoms with Crippen molar-refractivity contribution in [3.63, 3.8) is 0 Å². The SMILES string of the molecule is Cc1noc(NC(C2CC2)C2CC2)n1. The summed E-state index contributed by atoms with van der Waals surface area (Å²) in [5.41, 5.74) is 0. The Bertz CT molecular complexity index is 316. The fourth-order valence-electron chi connectivity index (χ4n) is 2.03. The van der Waals surface area contributed by atoms with Gasteiger partial charge in [-0.15, -0.1) is 0 Å². The van der Waals surface area contributed by atoms with Gasteiger partial charge in [0.05, 0.1) is 0 Å². The summed E-state index contributed by atoms with van der Waals surface area (Å²) in [7, 11) is 0. The van der Waals surface area contributed by atoms with E-state index < -0.39 is 0 Å². The molecule has 76 valence electrons. The van der Waals surface area contributed by atoms with Gasteiger partial charge in [-0.05, 0) is 44.4 Å². The Morgan fingerprint density at radius 2 is 1.93 bits per heavy atom. The number of hydrogen-bond donors (Lipinski definition) is 1. The van der Waals surface area contributed by atoms with Gasteiger partial charge in [0.15, 0.2) is 5.82 Å². The zero-order valence-corrected chi connectivity index (χ0v) is 8.36. The first kappa shape index (κ1) is 8.26. The van der Waals surface area contributed by atoms with Gasteiger partial charge in [0.25, 0.3) is 0 Å². The lowest BCUT2D eigenvalue weighted by molar-refractivity contribution is 0.414. The summed E-state index contributed by atoms with van der Waals surface area (Å²) < 4.78 is 5.08. The smallest absolute Gasteiger partial charge is 0.321 e. The Kier molecular flexibility index (Phi) is 1.75. The highest BCUT2D eigenvalue weighted by molar-refractivity contribution is 5.23. The van der Waals surface area contributed by atoms with E-state index in [2.05, 4.69) is 15.5 Å². The number of anilines is 1. The van der Waals surface area contributed by atoms with E-state index in [1.165, 1.54) is 25.7 Å². The average molecular weight is 193 g/mol. The summed E-state index contributed by atoms with van der Waals surface area (Å²) in [6.45, 7) is 1.85. The van der Waals surface area contributed by atoms with Crippen LogP contribution in [0.1, 0.15) is 31.5 Å². The van der Waals surface area contributed by atoms with Crippen molar-refractivity contribution in [2.75, 3.05) is 5.32 Å². The predicted molar refractivity (Wildman–Crippen MR) is 51.9 cm³/mol. The van der Waals surface area contributed by atoms with Crippen molar-refractivity contribution in [2.45, 2.75) is 38.6 Å². The minimum absolute atomic E-state index is 0.592. The highest BCUT2D eigenvalue weighted by atomic mass is 16.5. The normalized spacial score (nSPS) is 21.6. The van der Waals surface area contributed by atoms with Crippen LogP contribution in [-0.4, -0.2) is 16.2 Å². The Labute approximate surface area is 83.1 Å². The molecule has 0 saturated heterocycles. The quantitative estimate of drug-likeness (QED) is 0.794. The molecule has 1 aromatic heterocycles. The van der Waals surface area contributed by atoms with Crippen LogP contribution in [0.25, 0.3) is 0 Å². The molecule has 4 nitrogen and oxygen atoms in total. The van der Waals surface area contributed by atoms with Crippen molar-refractivity contribution in [1.29, 1.82) is 0 Å². The lowest BCUT2D eigenvalue weighted by atomic mass is 10.1. The van der Waals surface area contributed by atoms with Crippen molar-refractivity contribution in [1.82, 2.24) is 10.1 Å². The summed E-state index contributed by atoms with van der Waals surface area (Å²) in [6, 6.07) is 1.20. The van der Waals surface area contributed by atoms with Crippen molar-refractivity contribution >= 4 is 6.01 Å². The number of nitrogens with one attached hydrogen (secondary N) is 1. The molecule has 0 spiro atoms. The van der Waals surface area contributed by atoms with Crippen LogP contribution in [0.3, 0.4) is 0 Å². The zero-order chi connectivity index (χ0) is 9.54. The molecule has 1 heterocycles. The van der Waals surface area contributed by atoms with E-state index in [4.69, 9.17) is 4.52 Å². The van der Waals surface area contributed by atoms with E-state index in [9.17, 15) is 0 Å². The Morgan fingerprint density at radius 1 is 1.29 bits per heavy atom. The topological polar surface area (TPSA) is 51.0 Å². The van der Waals surface area contributed by atoms with Gasteiger partial charge in [0, 0.05) is 6.04 Å². The van der Waals surface area contributed by atoms with Crippen LogP contribution in [0.5, 0.6) is 0 Å². The molecule has 0 radical (unpaired) electrons. The second-order valence-electron chi connectivity index (χ2n) is 4.49. The molecule has 2 aliphatic carbocycles. The molecule has 0 atom stereocenters. The van der Waals surface area contributed by atoms with Gasteiger partial charge in [-0.3, -0.25) is 0 Å². The number of rotatable bonds is 4. The average Bonchev–Trinajstić information content (AvgIpc) is 3.04. The summed E-state index contributed by atoms with van der Waals surface area (Å²) in [4.78, 5) is 4.18. The molecule has 14 heavy (non-hydrogen) atoms. The minimum atomic E-state index is 0.592. The van der Waals surface area contributed by atoms with Gasteiger partial charge >= 0.3 is 6.01 Å². The maximum absolute atomic E-state index is 5.08. The second-order valence-corrected chi connectivity index (χ2v) is 4.49. The molecule has 2 saturated carbocycles. The lowest BCUT2D eigenvalue weighted by Crippen LogP contribution is -2.24. The molecule has 4 heteroatoms. The molecule has 1 N–H and O–H groups in total. The van der Waals surface area contributed by atoms with Crippen LogP contribution in [0.2, 0.25) is 0 Å². The van der Waals surface area contributed by atoms with Crippen LogP contribution >= 0.6 is 0 Å². The van der Waals surface area contributed by atoms with Gasteiger partial charge in [0.2, 0.25) is 0 Å². The number of aromatic nitrogens is 2. The zero-order valence-electron chi connectivity index (χ0n) is 8.36. The third kappa shape index (κ3) is 1.61. The minimum Gasteiger partial charge on any atom is -0.334 e. The summed E-state index contributed by atoms with van der Waals surface area (Å²) in [5, 5.41) is 7.16. The number of hydrogen-bond acceptors (Lipinski definition) is 4. The Hall–Kier alpha value is -1.06. The van der Waals surface area contributed by atoms with Gasteiger partial charge in [-0.25, -0.2) is 0 Å². The van der Waals surface area contributed by atoms with Crippen molar-refractivity contribution < 1.29 is 4.52 Å². The molecule has 2 fully saturated rings. The molecule has 0 aliphatic heterocycles. The Balaban J connectivity index is 1.68. The van der Waals surface area contributed by atoms with Gasteiger partial charge < -0.3 is 9.84 Å².